The predicted molar refractivity (Wildman–Crippen MR) is 486 cm³/mol. The van der Waals surface area contributed by atoms with Crippen molar-refractivity contribution in [2.24, 2.45) is 41.4 Å². The molecule has 10 heterocycles. The van der Waals surface area contributed by atoms with Gasteiger partial charge < -0.3 is 50.8 Å². The number of benzene rings is 4. The maximum absolute atomic E-state index is 12.7. The summed E-state index contributed by atoms with van der Waals surface area (Å²) in [4.78, 5) is 68.1. The molecule has 8 aromatic rings. The second-order valence-electron chi connectivity index (χ2n) is 34.1. The molecule has 640 valence electrons. The average molecular weight is 1710 g/mol. The molecule has 6 N–H and O–H groups in total. The van der Waals surface area contributed by atoms with Crippen LogP contribution in [0.2, 0.25) is 20.1 Å². The summed E-state index contributed by atoms with van der Waals surface area (Å²) in [6.45, 7) is 14.4. The highest BCUT2D eigenvalue weighted by molar-refractivity contribution is 6.34. The minimum Gasteiger partial charge on any atom is -0.385 e. The van der Waals surface area contributed by atoms with Crippen LogP contribution in [-0.2, 0) is 63.8 Å². The Bertz CT molecular complexity index is 4460. The second-order valence-corrected chi connectivity index (χ2v) is 35.8. The number of rotatable bonds is 28. The molecule has 1 unspecified atom stereocenters. The van der Waals surface area contributed by atoms with Crippen molar-refractivity contribution in [2.45, 2.75) is 186 Å². The summed E-state index contributed by atoms with van der Waals surface area (Å²) >= 11 is 25.9. The lowest BCUT2D eigenvalue weighted by Crippen LogP contribution is -2.35. The number of carbonyl (C=O) groups is 4. The van der Waals surface area contributed by atoms with E-state index in [0.717, 1.165) is 258 Å². The number of anilines is 4. The zero-order valence-electron chi connectivity index (χ0n) is 69.9. The van der Waals surface area contributed by atoms with E-state index in [0.29, 0.717) is 75.5 Å². The summed E-state index contributed by atoms with van der Waals surface area (Å²) in [7, 11) is 0. The molecule has 8 aliphatic rings. The first-order valence-corrected chi connectivity index (χ1v) is 46.0. The van der Waals surface area contributed by atoms with Crippen LogP contribution in [0.1, 0.15) is 171 Å². The normalized spacial score (nSPS) is 20.7. The summed E-state index contributed by atoms with van der Waals surface area (Å²) in [5.41, 5.74) is 15.3. The molecule has 0 radical (unpaired) electrons. The number of nitrogens with one attached hydrogen (secondary N) is 6. The fourth-order valence-electron chi connectivity index (χ4n) is 17.8. The zero-order valence-corrected chi connectivity index (χ0v) is 72.9. The highest BCUT2D eigenvalue weighted by Gasteiger charge is 2.29. The zero-order chi connectivity index (χ0) is 83.2. The van der Waals surface area contributed by atoms with E-state index >= 15 is 0 Å². The molecule has 120 heavy (non-hydrogen) atoms. The van der Waals surface area contributed by atoms with Gasteiger partial charge in [0.05, 0.1) is 39.7 Å². The monoisotopic (exact) mass is 1710 g/mol. The summed E-state index contributed by atoms with van der Waals surface area (Å²) in [6, 6.07) is 41.6. The van der Waals surface area contributed by atoms with Crippen molar-refractivity contribution in [3.63, 3.8) is 0 Å². The third-order valence-electron chi connectivity index (χ3n) is 25.0. The highest BCUT2D eigenvalue weighted by Crippen LogP contribution is 2.38. The predicted octanol–water partition coefficient (Wildman–Crippen LogP) is 20.7. The van der Waals surface area contributed by atoms with E-state index in [9.17, 15) is 19.2 Å². The molecule has 22 heteroatoms. The molecular formula is C98H122Cl4N10O8. The van der Waals surface area contributed by atoms with Crippen molar-refractivity contribution in [3.8, 4) is 44.5 Å². The Morgan fingerprint density at radius 2 is 0.758 bits per heavy atom. The topological polar surface area (TPSA) is 229 Å². The van der Waals surface area contributed by atoms with Crippen LogP contribution >= 0.6 is 46.4 Å². The number of carbonyl (C=O) groups excluding carboxylic acids is 4. The molecule has 0 spiro atoms. The minimum absolute atomic E-state index is 0.0927. The van der Waals surface area contributed by atoms with Crippen LogP contribution in [0.4, 0.5) is 22.7 Å². The molecule has 8 fully saturated rings. The van der Waals surface area contributed by atoms with Crippen LogP contribution < -0.4 is 31.9 Å². The molecule has 18 nitrogen and oxygen atoms in total. The molecule has 4 aromatic heterocycles. The maximum atomic E-state index is 12.7. The molecular weight excluding hydrogens is 1590 g/mol. The van der Waals surface area contributed by atoms with Crippen molar-refractivity contribution >= 4 is 92.3 Å². The number of Topliss-reactive ketones (excluding diaryl/α,β-unsaturated/α-hetero) is 4. The average Bonchev–Trinajstić information content (AvgIpc) is 1.66. The number of pyridine rings is 4. The van der Waals surface area contributed by atoms with Crippen molar-refractivity contribution in [1.29, 1.82) is 0 Å². The Balaban J connectivity index is 0.000000138. The van der Waals surface area contributed by atoms with Crippen LogP contribution in [0.15, 0.2) is 146 Å². The number of ether oxygens (including phenoxy) is 4. The van der Waals surface area contributed by atoms with Gasteiger partial charge in [0.25, 0.3) is 0 Å². The number of nitrogens with zero attached hydrogens (tertiary/aromatic N) is 4. The van der Waals surface area contributed by atoms with Crippen LogP contribution in [0.3, 0.4) is 0 Å². The molecule has 2 saturated carbocycles. The van der Waals surface area contributed by atoms with Crippen molar-refractivity contribution in [2.75, 3.05) is 113 Å². The smallest absolute Gasteiger partial charge is 0.167 e. The lowest BCUT2D eigenvalue weighted by molar-refractivity contribution is -0.127. The van der Waals surface area contributed by atoms with Crippen LogP contribution in [-0.4, -0.2) is 147 Å². The van der Waals surface area contributed by atoms with Gasteiger partial charge in [0.15, 0.2) is 5.78 Å². The SMILES string of the molecule is C[C@H](Nc1cccc(-c2cc(CC(=O)C3CCCCC3)ncc2Cl)c1)C1CCCCC1.O=C(Cc1cc(-c2cccc(NCC3CCOCC3)c2)c(Cl)cn1)[C@@H]1CCCO1.O=C(Cc1cc(-c2cccc(NC[C@@H]3CCCOC3)c2)c(Cl)cn1)[C@@H]1CCCNC1.O=C(Cc1cc(-c2cccc(NC[C@H]3CCCOC3)c2)c(Cl)cn1)C1CCCNC1. The Morgan fingerprint density at radius 1 is 0.383 bits per heavy atom. The Labute approximate surface area is 730 Å². The number of hydrogen-bond donors (Lipinski definition) is 6. The van der Waals surface area contributed by atoms with Gasteiger partial charge in [0.1, 0.15) is 23.5 Å². The first-order chi connectivity index (χ1) is 58.7. The highest BCUT2D eigenvalue weighted by atomic mass is 35.5. The van der Waals surface area contributed by atoms with Gasteiger partial charge in [-0.2, -0.15) is 0 Å². The number of piperidine rings is 2. The Kier molecular flexibility index (Phi) is 35.4. The quantitative estimate of drug-likeness (QED) is 0.0268. The van der Waals surface area contributed by atoms with E-state index in [4.69, 9.17) is 65.4 Å². The summed E-state index contributed by atoms with van der Waals surface area (Å²) < 4.78 is 22.1. The molecule has 6 aliphatic heterocycles. The standard InChI is InChI=1S/C27H35ClN2O.2C24H30ClN3O2.C23H27ClN2O3/c1-19(20-9-4-2-5-10-20)30-23-14-8-13-22(15-23)25-16-24(29-18-26(25)28)17-27(31)21-11-6-3-7-12-21;2*25-23-15-28-21(12-24(29)19-6-2-8-26-14-19)11-22(23)18-5-1-7-20(10-18)27-13-17-4-3-9-30-16-17;24-21-15-26-19(13-22(27)23-5-2-8-29-23)12-20(21)17-3-1-4-18(11-17)25-14-16-6-9-28-10-7-16/h8,13-16,18-21,30H,2-7,9-12,17H2,1H3;2*1,5,7,10-11,15,17,19,26-27H,2-4,6,8-9,12-14,16H2;1,3-4,11-12,15-16,23,25H,2,5-10,13-14H2/t19-;17-,19?;17-,19+;23-/m0100/s1. The first-order valence-electron chi connectivity index (χ1n) is 44.5. The van der Waals surface area contributed by atoms with Crippen LogP contribution in [0, 0.1) is 41.4 Å². The summed E-state index contributed by atoms with van der Waals surface area (Å²) in [5.74, 6) is 3.84. The van der Waals surface area contributed by atoms with E-state index in [1.165, 1.54) is 64.2 Å². The molecule has 4 aromatic carbocycles. The van der Waals surface area contributed by atoms with Crippen LogP contribution in [0.5, 0.6) is 0 Å². The number of ketones is 4. The molecule has 6 atom stereocenters. The van der Waals surface area contributed by atoms with Crippen LogP contribution in [0.25, 0.3) is 44.5 Å². The van der Waals surface area contributed by atoms with Crippen molar-refractivity contribution in [3.05, 3.63) is 189 Å². The lowest BCUT2D eigenvalue weighted by Gasteiger charge is -2.29. The second kappa shape index (κ2) is 47.2. The molecule has 6 saturated heterocycles. The Morgan fingerprint density at radius 3 is 1.15 bits per heavy atom. The molecule has 0 amide bonds. The molecule has 0 bridgehead atoms. The fourth-order valence-corrected chi connectivity index (χ4v) is 18.7. The van der Waals surface area contributed by atoms with E-state index in [1.807, 2.05) is 60.7 Å². The van der Waals surface area contributed by atoms with E-state index in [2.05, 4.69) is 119 Å². The number of hydrogen-bond acceptors (Lipinski definition) is 18. The van der Waals surface area contributed by atoms with Crippen molar-refractivity contribution < 1.29 is 38.1 Å². The van der Waals surface area contributed by atoms with Gasteiger partial charge in [-0.1, -0.05) is 133 Å². The van der Waals surface area contributed by atoms with Gasteiger partial charge in [0.2, 0.25) is 0 Å². The lowest BCUT2D eigenvalue weighted by atomic mass is 9.84. The Hall–Kier alpha value is -7.72. The molecule has 2 aliphatic carbocycles. The molecule has 16 rings (SSSR count). The van der Waals surface area contributed by atoms with Gasteiger partial charge in [-0.05, 0) is 241 Å². The largest absolute Gasteiger partial charge is 0.385 e. The maximum Gasteiger partial charge on any atom is 0.167 e. The summed E-state index contributed by atoms with van der Waals surface area (Å²) in [5, 5.41) is 23.4. The summed E-state index contributed by atoms with van der Waals surface area (Å²) in [6.07, 6.45) is 32.9. The minimum atomic E-state index is -0.284. The van der Waals surface area contributed by atoms with Gasteiger partial charge in [-0.15, -0.1) is 0 Å². The third-order valence-corrected chi connectivity index (χ3v) is 26.2. The van der Waals surface area contributed by atoms with Crippen molar-refractivity contribution in [1.82, 2.24) is 30.6 Å². The van der Waals surface area contributed by atoms with Gasteiger partial charge in [0, 0.05) is 201 Å². The number of halogens is 4. The first kappa shape index (κ1) is 90.0. The fraction of sp³-hybridized carbons (Fsp3) is 0.510. The van der Waals surface area contributed by atoms with E-state index in [1.54, 1.807) is 24.8 Å². The van der Waals surface area contributed by atoms with Gasteiger partial charge in [-0.3, -0.25) is 39.1 Å². The number of aromatic nitrogens is 4. The van der Waals surface area contributed by atoms with E-state index in [-0.39, 0.29) is 47.6 Å². The van der Waals surface area contributed by atoms with Gasteiger partial charge in [-0.25, -0.2) is 0 Å². The van der Waals surface area contributed by atoms with E-state index < -0.39 is 0 Å². The third kappa shape index (κ3) is 27.6. The van der Waals surface area contributed by atoms with Gasteiger partial charge >= 0.3 is 0 Å².